The summed E-state index contributed by atoms with van der Waals surface area (Å²) >= 11 is 0. The molecule has 0 aliphatic rings. The van der Waals surface area contributed by atoms with Crippen LogP contribution in [0.1, 0.15) is 44.9 Å². The van der Waals surface area contributed by atoms with Gasteiger partial charge in [-0.2, -0.15) is 0 Å². The molecule has 2 rings (SSSR count). The number of aromatic nitrogens is 1. The van der Waals surface area contributed by atoms with Crippen molar-refractivity contribution in [3.8, 4) is 0 Å². The average Bonchev–Trinajstić information content (AvgIpc) is 2.55. The van der Waals surface area contributed by atoms with E-state index in [0.29, 0.717) is 13.0 Å². The van der Waals surface area contributed by atoms with Gasteiger partial charge in [0.2, 0.25) is 5.91 Å². The number of nitrogens with zero attached hydrogens (tertiary/aromatic N) is 2. The maximum Gasteiger partial charge on any atom is 0.222 e. The zero-order valence-corrected chi connectivity index (χ0v) is 15.0. The van der Waals surface area contributed by atoms with Crippen LogP contribution in [0.3, 0.4) is 0 Å². The Labute approximate surface area is 145 Å². The van der Waals surface area contributed by atoms with Crippen LogP contribution in [0.15, 0.2) is 54.7 Å². The molecule has 1 heterocycles. The lowest BCUT2D eigenvalue weighted by atomic mass is 9.95. The molecule has 0 saturated carbocycles. The van der Waals surface area contributed by atoms with Gasteiger partial charge in [-0.05, 0) is 36.0 Å². The molecule has 0 aliphatic heterocycles. The Morgan fingerprint density at radius 3 is 2.38 bits per heavy atom. The summed E-state index contributed by atoms with van der Waals surface area (Å²) in [5.74, 6) is 0.227. The second kappa shape index (κ2) is 8.62. The minimum Gasteiger partial charge on any atom is -0.338 e. The van der Waals surface area contributed by atoms with E-state index in [1.165, 1.54) is 5.56 Å². The molecule has 0 unspecified atom stereocenters. The molecular formula is C21H28N2O. The molecule has 2 aromatic rings. The number of hydrogen-bond acceptors (Lipinski definition) is 2. The minimum absolute atomic E-state index is 0.0887. The van der Waals surface area contributed by atoms with E-state index in [-0.39, 0.29) is 11.3 Å². The Hall–Kier alpha value is -2.16. The van der Waals surface area contributed by atoms with Gasteiger partial charge < -0.3 is 4.90 Å². The monoisotopic (exact) mass is 324 g/mol. The second-order valence-corrected chi connectivity index (χ2v) is 7.47. The van der Waals surface area contributed by atoms with Crippen LogP contribution in [0.2, 0.25) is 0 Å². The number of carbonyl (C=O) groups excluding carboxylic acids is 1. The molecule has 1 amide bonds. The molecule has 0 atom stereocenters. The summed E-state index contributed by atoms with van der Waals surface area (Å²) in [4.78, 5) is 19.0. The predicted octanol–water partition coefficient (Wildman–Crippen LogP) is 4.48. The lowest BCUT2D eigenvalue weighted by Crippen LogP contribution is -2.37. The summed E-state index contributed by atoms with van der Waals surface area (Å²) in [6.07, 6.45) is 4.06. The van der Waals surface area contributed by atoms with Gasteiger partial charge in [-0.1, -0.05) is 57.2 Å². The van der Waals surface area contributed by atoms with Crippen LogP contribution in [0.25, 0.3) is 0 Å². The van der Waals surface area contributed by atoms with E-state index in [1.54, 1.807) is 6.20 Å². The predicted molar refractivity (Wildman–Crippen MR) is 98.5 cm³/mol. The van der Waals surface area contributed by atoms with Gasteiger partial charge in [0.1, 0.15) is 0 Å². The third-order valence-electron chi connectivity index (χ3n) is 3.78. The topological polar surface area (TPSA) is 33.2 Å². The van der Waals surface area contributed by atoms with Gasteiger partial charge in [0, 0.05) is 31.4 Å². The molecule has 3 nitrogen and oxygen atoms in total. The third kappa shape index (κ3) is 6.53. The maximum absolute atomic E-state index is 12.7. The summed E-state index contributed by atoms with van der Waals surface area (Å²) < 4.78 is 0. The molecule has 0 N–H and O–H groups in total. The first kappa shape index (κ1) is 18.2. The van der Waals surface area contributed by atoms with E-state index in [9.17, 15) is 4.79 Å². The van der Waals surface area contributed by atoms with E-state index in [1.807, 2.05) is 41.3 Å². The molecule has 128 valence electrons. The summed E-state index contributed by atoms with van der Waals surface area (Å²) in [7, 11) is 0. The van der Waals surface area contributed by atoms with E-state index in [4.69, 9.17) is 0 Å². The van der Waals surface area contributed by atoms with E-state index < -0.39 is 0 Å². The number of benzene rings is 1. The molecular weight excluding hydrogens is 296 g/mol. The first-order valence-electron chi connectivity index (χ1n) is 8.66. The maximum atomic E-state index is 12.7. The summed E-state index contributed by atoms with van der Waals surface area (Å²) in [6, 6.07) is 16.1. The highest BCUT2D eigenvalue weighted by atomic mass is 16.2. The summed E-state index contributed by atoms with van der Waals surface area (Å²) in [6.45, 7) is 7.97. The third-order valence-corrected chi connectivity index (χ3v) is 3.78. The van der Waals surface area contributed by atoms with Crippen LogP contribution >= 0.6 is 0 Å². The highest BCUT2D eigenvalue weighted by Gasteiger charge is 2.21. The molecule has 0 fully saturated rings. The Bertz CT molecular complexity index is 617. The molecule has 1 aromatic carbocycles. The number of aryl methyl sites for hydroxylation is 1. The van der Waals surface area contributed by atoms with Crippen molar-refractivity contribution in [1.29, 1.82) is 0 Å². The first-order valence-corrected chi connectivity index (χ1v) is 8.66. The van der Waals surface area contributed by atoms with Crippen molar-refractivity contribution < 1.29 is 4.79 Å². The SMILES string of the molecule is CC(C)(C)CN(Cc1ccccc1)C(=O)CCCc1ccccn1. The number of rotatable bonds is 7. The van der Waals surface area contributed by atoms with Crippen LogP contribution in [-0.2, 0) is 17.8 Å². The van der Waals surface area contributed by atoms with Crippen molar-refractivity contribution in [2.45, 2.75) is 46.6 Å². The van der Waals surface area contributed by atoms with E-state index >= 15 is 0 Å². The van der Waals surface area contributed by atoms with Gasteiger partial charge in [-0.25, -0.2) is 0 Å². The average molecular weight is 324 g/mol. The van der Waals surface area contributed by atoms with Gasteiger partial charge in [0.15, 0.2) is 0 Å². The second-order valence-electron chi connectivity index (χ2n) is 7.47. The van der Waals surface area contributed by atoms with Crippen molar-refractivity contribution in [1.82, 2.24) is 9.88 Å². The molecule has 24 heavy (non-hydrogen) atoms. The Balaban J connectivity index is 1.93. The van der Waals surface area contributed by atoms with Crippen molar-refractivity contribution in [3.63, 3.8) is 0 Å². The highest BCUT2D eigenvalue weighted by Crippen LogP contribution is 2.18. The number of pyridine rings is 1. The smallest absolute Gasteiger partial charge is 0.222 e. The molecule has 0 saturated heterocycles. The fourth-order valence-electron chi connectivity index (χ4n) is 2.73. The van der Waals surface area contributed by atoms with Crippen LogP contribution in [0.5, 0.6) is 0 Å². The van der Waals surface area contributed by atoms with E-state index in [2.05, 4.69) is 37.9 Å². The highest BCUT2D eigenvalue weighted by molar-refractivity contribution is 5.76. The quantitative estimate of drug-likeness (QED) is 0.752. The minimum atomic E-state index is 0.0887. The van der Waals surface area contributed by atoms with Gasteiger partial charge in [-0.3, -0.25) is 9.78 Å². The van der Waals surface area contributed by atoms with Crippen LogP contribution in [0.4, 0.5) is 0 Å². The molecule has 3 heteroatoms. The molecule has 0 radical (unpaired) electrons. The fraction of sp³-hybridized carbons (Fsp3) is 0.429. The summed E-state index contributed by atoms with van der Waals surface area (Å²) in [5.41, 5.74) is 2.32. The zero-order valence-electron chi connectivity index (χ0n) is 15.0. The van der Waals surface area contributed by atoms with Crippen molar-refractivity contribution in [2.75, 3.05) is 6.54 Å². The normalized spacial score (nSPS) is 11.3. The Kier molecular flexibility index (Phi) is 6.53. The van der Waals surface area contributed by atoms with Gasteiger partial charge in [-0.15, -0.1) is 0 Å². The van der Waals surface area contributed by atoms with Crippen molar-refractivity contribution in [3.05, 3.63) is 66.0 Å². The van der Waals surface area contributed by atoms with Gasteiger partial charge >= 0.3 is 0 Å². The molecule has 0 spiro atoms. The number of amides is 1. The standard InChI is InChI=1S/C21H28N2O/c1-21(2,3)17-23(16-18-10-5-4-6-11-18)20(24)14-9-13-19-12-7-8-15-22-19/h4-8,10-12,15H,9,13-14,16-17H2,1-3H3. The zero-order chi connectivity index (χ0) is 17.4. The molecule has 0 bridgehead atoms. The number of hydrogen-bond donors (Lipinski definition) is 0. The number of carbonyl (C=O) groups is 1. The first-order chi connectivity index (χ1) is 11.4. The molecule has 1 aromatic heterocycles. The van der Waals surface area contributed by atoms with Gasteiger partial charge in [0.05, 0.1) is 0 Å². The lowest BCUT2D eigenvalue weighted by molar-refractivity contribution is -0.133. The van der Waals surface area contributed by atoms with E-state index in [0.717, 1.165) is 25.1 Å². The van der Waals surface area contributed by atoms with Gasteiger partial charge in [0.25, 0.3) is 0 Å². The molecule has 0 aliphatic carbocycles. The van der Waals surface area contributed by atoms with Crippen molar-refractivity contribution >= 4 is 5.91 Å². The Morgan fingerprint density at radius 1 is 1.04 bits per heavy atom. The van der Waals surface area contributed by atoms with Crippen LogP contribution in [-0.4, -0.2) is 22.3 Å². The lowest BCUT2D eigenvalue weighted by Gasteiger charge is -2.30. The fourth-order valence-corrected chi connectivity index (χ4v) is 2.73. The van der Waals surface area contributed by atoms with Crippen LogP contribution in [0, 0.1) is 5.41 Å². The summed E-state index contributed by atoms with van der Waals surface area (Å²) in [5, 5.41) is 0. The largest absolute Gasteiger partial charge is 0.338 e. The Morgan fingerprint density at radius 2 is 1.75 bits per heavy atom. The van der Waals surface area contributed by atoms with Crippen LogP contribution < -0.4 is 0 Å². The van der Waals surface area contributed by atoms with Crippen molar-refractivity contribution in [2.24, 2.45) is 5.41 Å².